The fourth-order valence-electron chi connectivity index (χ4n) is 3.35. The van der Waals surface area contributed by atoms with E-state index in [1.54, 1.807) is 0 Å². The largest absolute Gasteiger partial charge is 0.205 e. The zero-order valence-corrected chi connectivity index (χ0v) is 16.6. The van der Waals surface area contributed by atoms with Crippen LogP contribution in [-0.2, 0) is 6.54 Å². The van der Waals surface area contributed by atoms with E-state index in [0.717, 1.165) is 0 Å². The minimum Gasteiger partial charge on any atom is -0.205 e. The molecule has 0 spiro atoms. The van der Waals surface area contributed by atoms with E-state index < -0.39 is 0 Å². The molecule has 138 valence electrons. The topological polar surface area (TPSA) is 3.88 Å². The highest BCUT2D eigenvalue weighted by Gasteiger charge is 1.99. The number of aromatic nitrogens is 1. The molecule has 0 saturated heterocycles. The van der Waals surface area contributed by atoms with Crippen molar-refractivity contribution in [2.75, 3.05) is 0 Å². The van der Waals surface area contributed by atoms with E-state index >= 15 is 0 Å². The van der Waals surface area contributed by atoms with Gasteiger partial charge in [-0.3, -0.25) is 0 Å². The van der Waals surface area contributed by atoms with E-state index in [-0.39, 0.29) is 0 Å². The van der Waals surface area contributed by atoms with E-state index in [1.807, 2.05) is 0 Å². The molecule has 0 aliphatic carbocycles. The molecule has 1 rings (SSSR count). The zero-order chi connectivity index (χ0) is 17.3. The van der Waals surface area contributed by atoms with E-state index in [4.69, 9.17) is 0 Å². The third kappa shape index (κ3) is 12.6. The molecule has 0 aliphatic heterocycles. The van der Waals surface area contributed by atoms with Crippen molar-refractivity contribution >= 4 is 0 Å². The highest BCUT2D eigenvalue weighted by atomic mass is 14.9. The number of hydrogen-bond donors (Lipinski definition) is 0. The smallest absolute Gasteiger partial charge is 0.169 e. The molecule has 0 bridgehead atoms. The Kier molecular flexibility index (Phi) is 13.8. The molecular weight excluding hydrogens is 290 g/mol. The fraction of sp³-hybridized carbons (Fsp3) is 0.783. The summed E-state index contributed by atoms with van der Waals surface area (Å²) in [6, 6.07) is 4.40. The Balaban J connectivity index is 1.75. The lowest BCUT2D eigenvalue weighted by Crippen LogP contribution is -2.32. The van der Waals surface area contributed by atoms with Crippen LogP contribution < -0.4 is 4.57 Å². The van der Waals surface area contributed by atoms with Crippen LogP contribution in [0.5, 0.6) is 0 Å². The first-order valence-electron chi connectivity index (χ1n) is 10.8. The number of hydrogen-bond acceptors (Lipinski definition) is 0. The van der Waals surface area contributed by atoms with Gasteiger partial charge in [0, 0.05) is 18.6 Å². The summed E-state index contributed by atoms with van der Waals surface area (Å²) >= 11 is 0. The summed E-state index contributed by atoms with van der Waals surface area (Å²) in [4.78, 5) is 0. The van der Waals surface area contributed by atoms with Gasteiger partial charge in [-0.05, 0) is 18.9 Å². The maximum Gasteiger partial charge on any atom is 0.169 e. The van der Waals surface area contributed by atoms with Crippen molar-refractivity contribution in [1.82, 2.24) is 0 Å². The SMILES string of the molecule is CCCCCCCCCCCCCCCCC[n+]1ccc(C)cc1. The minimum atomic E-state index is 1.18. The molecule has 0 atom stereocenters. The maximum atomic E-state index is 2.31. The first-order chi connectivity index (χ1) is 11.8. The van der Waals surface area contributed by atoms with Crippen molar-refractivity contribution in [3.8, 4) is 0 Å². The van der Waals surface area contributed by atoms with Crippen LogP contribution in [0.15, 0.2) is 24.5 Å². The second-order valence-corrected chi connectivity index (χ2v) is 7.56. The molecule has 0 fully saturated rings. The van der Waals surface area contributed by atoms with Crippen molar-refractivity contribution in [1.29, 1.82) is 0 Å². The van der Waals surface area contributed by atoms with Gasteiger partial charge in [0.15, 0.2) is 12.4 Å². The van der Waals surface area contributed by atoms with Crippen LogP contribution in [0.1, 0.15) is 109 Å². The molecule has 1 heteroatoms. The van der Waals surface area contributed by atoms with Crippen LogP contribution in [0.2, 0.25) is 0 Å². The molecule has 0 saturated carbocycles. The Hall–Kier alpha value is -0.850. The number of pyridine rings is 1. The summed E-state index contributed by atoms with van der Waals surface area (Å²) < 4.78 is 2.31. The van der Waals surface area contributed by atoms with E-state index in [2.05, 4.69) is 42.9 Å². The van der Waals surface area contributed by atoms with Crippen molar-refractivity contribution in [3.63, 3.8) is 0 Å². The van der Waals surface area contributed by atoms with E-state index in [9.17, 15) is 0 Å². The lowest BCUT2D eigenvalue weighted by Gasteiger charge is -2.03. The van der Waals surface area contributed by atoms with Crippen LogP contribution in [0, 0.1) is 6.92 Å². The Bertz CT molecular complexity index is 368. The Labute approximate surface area is 151 Å². The van der Waals surface area contributed by atoms with Gasteiger partial charge in [-0.1, -0.05) is 90.4 Å². The van der Waals surface area contributed by atoms with Gasteiger partial charge in [0.25, 0.3) is 0 Å². The predicted octanol–water partition coefficient (Wildman–Crippen LogP) is 7.15. The number of rotatable bonds is 16. The van der Waals surface area contributed by atoms with Crippen molar-refractivity contribution < 1.29 is 4.57 Å². The Morgan fingerprint density at radius 2 is 0.958 bits per heavy atom. The molecule has 0 aromatic carbocycles. The molecule has 0 radical (unpaired) electrons. The van der Waals surface area contributed by atoms with Crippen molar-refractivity contribution in [2.24, 2.45) is 0 Å². The van der Waals surface area contributed by atoms with Gasteiger partial charge < -0.3 is 0 Å². The highest BCUT2D eigenvalue weighted by molar-refractivity contribution is 5.03. The summed E-state index contributed by atoms with van der Waals surface area (Å²) in [6.45, 7) is 5.62. The zero-order valence-electron chi connectivity index (χ0n) is 16.6. The molecule has 0 unspecified atom stereocenters. The summed E-state index contributed by atoms with van der Waals surface area (Å²) in [5.41, 5.74) is 1.35. The second-order valence-electron chi connectivity index (χ2n) is 7.56. The van der Waals surface area contributed by atoms with Gasteiger partial charge >= 0.3 is 0 Å². The minimum absolute atomic E-state index is 1.18. The normalized spacial score (nSPS) is 11.1. The van der Waals surface area contributed by atoms with E-state index in [1.165, 1.54) is 108 Å². The molecule has 24 heavy (non-hydrogen) atoms. The fourth-order valence-corrected chi connectivity index (χ4v) is 3.35. The predicted molar refractivity (Wildman–Crippen MR) is 106 cm³/mol. The van der Waals surface area contributed by atoms with Gasteiger partial charge in [-0.2, -0.15) is 0 Å². The quantitative estimate of drug-likeness (QED) is 0.223. The number of nitrogens with zero attached hydrogens (tertiary/aromatic N) is 1. The molecule has 1 nitrogen and oxygen atoms in total. The molecule has 0 amide bonds. The van der Waals surface area contributed by atoms with Crippen molar-refractivity contribution in [2.45, 2.75) is 117 Å². The molecule has 0 N–H and O–H groups in total. The van der Waals surface area contributed by atoms with Crippen LogP contribution in [-0.4, -0.2) is 0 Å². The first-order valence-corrected chi connectivity index (χ1v) is 10.8. The van der Waals surface area contributed by atoms with E-state index in [0.29, 0.717) is 0 Å². The lowest BCUT2D eigenvalue weighted by molar-refractivity contribution is -0.697. The van der Waals surface area contributed by atoms with Gasteiger partial charge in [0.05, 0.1) is 0 Å². The Morgan fingerprint density at radius 1 is 0.583 bits per heavy atom. The number of aryl methyl sites for hydroxylation is 2. The molecule has 0 aliphatic rings. The summed E-state index contributed by atoms with van der Waals surface area (Å²) in [5.74, 6) is 0. The van der Waals surface area contributed by atoms with Crippen LogP contribution in [0.3, 0.4) is 0 Å². The average molecular weight is 333 g/mol. The number of unbranched alkanes of at least 4 members (excludes halogenated alkanes) is 14. The molecule has 1 aromatic rings. The summed E-state index contributed by atoms with van der Waals surface area (Å²) in [5, 5.41) is 0. The van der Waals surface area contributed by atoms with Crippen LogP contribution in [0.4, 0.5) is 0 Å². The third-order valence-electron chi connectivity index (χ3n) is 5.08. The lowest BCUT2D eigenvalue weighted by atomic mass is 10.0. The highest BCUT2D eigenvalue weighted by Crippen LogP contribution is 2.13. The standard InChI is InChI=1S/C23H42N/c1-3-4-5-6-7-8-9-10-11-12-13-14-15-16-17-20-24-21-18-23(2)19-22-24/h18-19,21-22H,3-17,20H2,1-2H3/q+1. The average Bonchev–Trinajstić information content (AvgIpc) is 2.60. The van der Waals surface area contributed by atoms with Crippen LogP contribution in [0.25, 0.3) is 0 Å². The van der Waals surface area contributed by atoms with Crippen molar-refractivity contribution in [3.05, 3.63) is 30.1 Å². The Morgan fingerprint density at radius 3 is 1.38 bits per heavy atom. The van der Waals surface area contributed by atoms with Gasteiger partial charge in [-0.25, -0.2) is 4.57 Å². The maximum absolute atomic E-state index is 2.31. The third-order valence-corrected chi connectivity index (χ3v) is 5.08. The monoisotopic (exact) mass is 332 g/mol. The second kappa shape index (κ2) is 15.7. The van der Waals surface area contributed by atoms with Crippen LogP contribution >= 0.6 is 0 Å². The molecular formula is C23H42N+. The molecule has 1 heterocycles. The van der Waals surface area contributed by atoms with Gasteiger partial charge in [-0.15, -0.1) is 0 Å². The summed E-state index contributed by atoms with van der Waals surface area (Å²) in [7, 11) is 0. The molecule has 1 aromatic heterocycles. The first kappa shape index (κ1) is 21.2. The summed E-state index contributed by atoms with van der Waals surface area (Å²) in [6.07, 6.45) is 26.0. The van der Waals surface area contributed by atoms with Gasteiger partial charge in [0.2, 0.25) is 0 Å². The van der Waals surface area contributed by atoms with Gasteiger partial charge in [0.1, 0.15) is 6.54 Å².